The van der Waals surface area contributed by atoms with Gasteiger partial charge in [-0.05, 0) is 54.1 Å². The molecule has 29 heavy (non-hydrogen) atoms. The van der Waals surface area contributed by atoms with Crippen molar-refractivity contribution in [2.45, 2.75) is 6.54 Å². The van der Waals surface area contributed by atoms with Crippen molar-refractivity contribution in [3.63, 3.8) is 0 Å². The molecule has 8 heteroatoms. The average Bonchev–Trinajstić information content (AvgIpc) is 3.15. The molecule has 0 aliphatic rings. The summed E-state index contributed by atoms with van der Waals surface area (Å²) in [5, 5.41) is 0.433. The number of carbonyl (C=O) groups excluding carboxylic acids is 1. The number of nitrogens with zero attached hydrogens (tertiary/aromatic N) is 3. The fourth-order valence-electron chi connectivity index (χ4n) is 2.69. The van der Waals surface area contributed by atoms with Gasteiger partial charge in [0.25, 0.3) is 5.91 Å². The van der Waals surface area contributed by atoms with Crippen molar-refractivity contribution in [1.29, 1.82) is 0 Å². The van der Waals surface area contributed by atoms with Crippen molar-refractivity contribution in [2.75, 3.05) is 11.5 Å². The van der Waals surface area contributed by atoms with Crippen LogP contribution >= 0.6 is 11.3 Å². The molecule has 0 saturated heterocycles. The lowest BCUT2D eigenvalue weighted by Gasteiger charge is -2.20. The molecular formula is C21H15F2N3O2S. The summed E-state index contributed by atoms with van der Waals surface area (Å²) in [6.07, 6.45) is 3.31. The normalized spacial score (nSPS) is 10.8. The number of amides is 1. The molecule has 0 atom stereocenters. The molecule has 0 fully saturated rings. The van der Waals surface area contributed by atoms with E-state index >= 15 is 0 Å². The van der Waals surface area contributed by atoms with Crippen LogP contribution in [-0.4, -0.2) is 22.5 Å². The molecular weight excluding hydrogens is 396 g/mol. The zero-order valence-corrected chi connectivity index (χ0v) is 15.9. The minimum absolute atomic E-state index is 0.238. The zero-order valence-electron chi connectivity index (χ0n) is 15.1. The van der Waals surface area contributed by atoms with Crippen molar-refractivity contribution in [3.05, 3.63) is 84.2 Å². The topological polar surface area (TPSA) is 55.3 Å². The summed E-state index contributed by atoms with van der Waals surface area (Å²) in [6, 6.07) is 13.3. The number of aromatic nitrogens is 2. The van der Waals surface area contributed by atoms with E-state index in [1.54, 1.807) is 24.5 Å². The molecule has 2 aromatic carbocycles. The predicted octanol–water partition coefficient (Wildman–Crippen LogP) is 4.58. The van der Waals surface area contributed by atoms with E-state index in [-0.39, 0.29) is 30.7 Å². The highest BCUT2D eigenvalue weighted by atomic mass is 32.1. The minimum Gasteiger partial charge on any atom is -0.484 e. The molecule has 0 aliphatic carbocycles. The number of carbonyl (C=O) groups is 1. The molecule has 4 rings (SSSR count). The van der Waals surface area contributed by atoms with Crippen LogP contribution in [0.2, 0.25) is 0 Å². The number of hydrogen-bond donors (Lipinski definition) is 0. The van der Waals surface area contributed by atoms with Crippen LogP contribution < -0.4 is 9.64 Å². The second-order valence-electron chi connectivity index (χ2n) is 6.19. The Hall–Kier alpha value is -3.39. The Bertz CT molecular complexity index is 1130. The Kier molecular flexibility index (Phi) is 5.44. The molecule has 146 valence electrons. The average molecular weight is 411 g/mol. The summed E-state index contributed by atoms with van der Waals surface area (Å²) in [4.78, 5) is 23.0. The Morgan fingerprint density at radius 1 is 1.07 bits per heavy atom. The number of benzene rings is 2. The smallest absolute Gasteiger partial charge is 0.267 e. The summed E-state index contributed by atoms with van der Waals surface area (Å²) >= 11 is 1.22. The first-order valence-electron chi connectivity index (χ1n) is 8.72. The van der Waals surface area contributed by atoms with E-state index in [1.165, 1.54) is 52.6 Å². The minimum atomic E-state index is -0.386. The van der Waals surface area contributed by atoms with Gasteiger partial charge in [-0.15, -0.1) is 0 Å². The van der Waals surface area contributed by atoms with Crippen molar-refractivity contribution < 1.29 is 18.3 Å². The van der Waals surface area contributed by atoms with Crippen molar-refractivity contribution in [3.8, 4) is 5.75 Å². The number of fused-ring (bicyclic) bond motifs is 1. The first-order valence-corrected chi connectivity index (χ1v) is 9.54. The Morgan fingerprint density at radius 2 is 1.86 bits per heavy atom. The van der Waals surface area contributed by atoms with Crippen molar-refractivity contribution >= 4 is 32.6 Å². The van der Waals surface area contributed by atoms with E-state index < -0.39 is 0 Å². The molecule has 0 radical (unpaired) electrons. The molecule has 0 spiro atoms. The van der Waals surface area contributed by atoms with Gasteiger partial charge in [0.2, 0.25) is 0 Å². The van der Waals surface area contributed by atoms with Gasteiger partial charge in [-0.25, -0.2) is 13.8 Å². The third kappa shape index (κ3) is 4.55. The van der Waals surface area contributed by atoms with Gasteiger partial charge in [-0.3, -0.25) is 14.7 Å². The van der Waals surface area contributed by atoms with Crippen LogP contribution in [0.25, 0.3) is 10.2 Å². The maximum Gasteiger partial charge on any atom is 0.267 e. The second-order valence-corrected chi connectivity index (χ2v) is 7.20. The lowest BCUT2D eigenvalue weighted by molar-refractivity contribution is -0.120. The Morgan fingerprint density at radius 3 is 2.62 bits per heavy atom. The summed E-state index contributed by atoms with van der Waals surface area (Å²) in [5.74, 6) is -0.703. The van der Waals surface area contributed by atoms with Crippen LogP contribution in [0.1, 0.15) is 5.56 Å². The van der Waals surface area contributed by atoms with E-state index in [0.29, 0.717) is 21.1 Å². The zero-order chi connectivity index (χ0) is 20.2. The van der Waals surface area contributed by atoms with Gasteiger partial charge in [0, 0.05) is 12.4 Å². The molecule has 5 nitrogen and oxygen atoms in total. The number of thiazole rings is 1. The number of anilines is 1. The van der Waals surface area contributed by atoms with E-state index in [9.17, 15) is 13.6 Å². The lowest BCUT2D eigenvalue weighted by Crippen LogP contribution is -2.34. The van der Waals surface area contributed by atoms with Crippen LogP contribution in [0.3, 0.4) is 0 Å². The fraction of sp³-hybridized carbons (Fsp3) is 0.0952. The first-order chi connectivity index (χ1) is 14.1. The second kappa shape index (κ2) is 8.32. The van der Waals surface area contributed by atoms with Gasteiger partial charge in [0.05, 0.1) is 16.8 Å². The van der Waals surface area contributed by atoms with Gasteiger partial charge in [0.1, 0.15) is 17.4 Å². The predicted molar refractivity (Wildman–Crippen MR) is 107 cm³/mol. The number of halogens is 2. The monoisotopic (exact) mass is 411 g/mol. The Balaban J connectivity index is 1.59. The highest BCUT2D eigenvalue weighted by Gasteiger charge is 2.21. The van der Waals surface area contributed by atoms with Gasteiger partial charge in [-0.2, -0.15) is 0 Å². The first kappa shape index (κ1) is 18.9. The third-order valence-electron chi connectivity index (χ3n) is 4.11. The molecule has 2 heterocycles. The number of rotatable bonds is 6. The molecule has 2 aromatic heterocycles. The highest BCUT2D eigenvalue weighted by Crippen LogP contribution is 2.30. The largest absolute Gasteiger partial charge is 0.484 e. The number of pyridine rings is 1. The fourth-order valence-corrected chi connectivity index (χ4v) is 3.70. The van der Waals surface area contributed by atoms with Crippen LogP contribution in [0.15, 0.2) is 67.0 Å². The van der Waals surface area contributed by atoms with Gasteiger partial charge < -0.3 is 4.74 Å². The molecule has 0 saturated carbocycles. The standard InChI is InChI=1S/C21H15F2N3O2S/c22-15-3-6-17(7-4-15)28-13-20(27)26(12-14-2-1-9-24-11-14)21-25-18-8-5-16(23)10-19(18)29-21/h1-11H,12-13H2. The van der Waals surface area contributed by atoms with Crippen LogP contribution in [-0.2, 0) is 11.3 Å². The van der Waals surface area contributed by atoms with E-state index in [1.807, 2.05) is 6.07 Å². The van der Waals surface area contributed by atoms with E-state index in [4.69, 9.17) is 4.74 Å². The van der Waals surface area contributed by atoms with Gasteiger partial charge >= 0.3 is 0 Å². The molecule has 0 unspecified atom stereocenters. The lowest BCUT2D eigenvalue weighted by atomic mass is 10.2. The number of ether oxygens (including phenoxy) is 1. The maximum atomic E-state index is 13.5. The van der Waals surface area contributed by atoms with Crippen molar-refractivity contribution in [1.82, 2.24) is 9.97 Å². The molecule has 4 aromatic rings. The SMILES string of the molecule is O=C(COc1ccc(F)cc1)N(Cc1cccnc1)c1nc2ccc(F)cc2s1. The van der Waals surface area contributed by atoms with Crippen LogP contribution in [0.4, 0.5) is 13.9 Å². The Labute approximate surface area is 169 Å². The maximum absolute atomic E-state index is 13.5. The molecule has 0 aliphatic heterocycles. The van der Waals surface area contributed by atoms with Gasteiger partial charge in [0.15, 0.2) is 11.7 Å². The quantitative estimate of drug-likeness (QED) is 0.466. The van der Waals surface area contributed by atoms with E-state index in [2.05, 4.69) is 9.97 Å². The van der Waals surface area contributed by atoms with Crippen LogP contribution in [0, 0.1) is 11.6 Å². The molecule has 1 amide bonds. The van der Waals surface area contributed by atoms with E-state index in [0.717, 1.165) is 5.56 Å². The molecule has 0 bridgehead atoms. The van der Waals surface area contributed by atoms with Crippen LogP contribution in [0.5, 0.6) is 5.75 Å². The summed E-state index contributed by atoms with van der Waals surface area (Å²) in [7, 11) is 0. The van der Waals surface area contributed by atoms with Crippen molar-refractivity contribution in [2.24, 2.45) is 0 Å². The highest BCUT2D eigenvalue weighted by molar-refractivity contribution is 7.22. The number of hydrogen-bond acceptors (Lipinski definition) is 5. The molecule has 0 N–H and O–H groups in total. The van der Waals surface area contributed by atoms with Gasteiger partial charge in [-0.1, -0.05) is 17.4 Å². The summed E-state index contributed by atoms with van der Waals surface area (Å²) in [5.41, 5.74) is 1.42. The summed E-state index contributed by atoms with van der Waals surface area (Å²) in [6.45, 7) is -0.0159. The summed E-state index contributed by atoms with van der Waals surface area (Å²) < 4.78 is 32.7. The third-order valence-corrected chi connectivity index (χ3v) is 5.15.